The number of esters is 1. The first-order valence-corrected chi connectivity index (χ1v) is 11.3. The highest BCUT2D eigenvalue weighted by atomic mass is 19.4. The molecule has 4 aromatic rings. The van der Waals surface area contributed by atoms with Gasteiger partial charge in [0, 0.05) is 13.2 Å². The van der Waals surface area contributed by atoms with Gasteiger partial charge in [0.15, 0.2) is 5.82 Å². The Balaban J connectivity index is 1.94. The van der Waals surface area contributed by atoms with Crippen molar-refractivity contribution in [1.82, 2.24) is 18.7 Å². The van der Waals surface area contributed by atoms with Gasteiger partial charge < -0.3 is 15.0 Å². The normalized spacial score (nSPS) is 11.6. The lowest BCUT2D eigenvalue weighted by atomic mass is 10.0. The van der Waals surface area contributed by atoms with Crippen molar-refractivity contribution in [2.45, 2.75) is 26.6 Å². The van der Waals surface area contributed by atoms with Gasteiger partial charge in [-0.05, 0) is 49.2 Å². The summed E-state index contributed by atoms with van der Waals surface area (Å²) in [6.07, 6.45) is -3.63. The summed E-state index contributed by atoms with van der Waals surface area (Å²) in [4.78, 5) is 55.1. The number of halogens is 3. The van der Waals surface area contributed by atoms with Crippen LogP contribution in [0.2, 0.25) is 0 Å². The number of hydrogen-bond acceptors (Lipinski definition) is 6. The Labute approximate surface area is 212 Å². The zero-order chi connectivity index (χ0) is 27.9. The molecule has 0 aliphatic heterocycles. The minimum Gasteiger partial charge on any atom is -0.462 e. The van der Waals surface area contributed by atoms with Crippen LogP contribution >= 0.6 is 0 Å². The molecule has 0 aliphatic rings. The predicted octanol–water partition coefficient (Wildman–Crippen LogP) is 2.54. The van der Waals surface area contributed by atoms with E-state index in [0.29, 0.717) is 15.6 Å². The van der Waals surface area contributed by atoms with Crippen molar-refractivity contribution in [1.29, 1.82) is 0 Å². The molecule has 13 heteroatoms. The van der Waals surface area contributed by atoms with Gasteiger partial charge in [-0.3, -0.25) is 18.7 Å². The van der Waals surface area contributed by atoms with E-state index in [1.165, 1.54) is 42.7 Å². The number of ether oxygens (including phenoxy) is 1. The number of carbonyl (C=O) groups is 2. The van der Waals surface area contributed by atoms with E-state index >= 15 is 0 Å². The van der Waals surface area contributed by atoms with Crippen LogP contribution in [0.4, 0.5) is 13.2 Å². The zero-order valence-electron chi connectivity index (χ0n) is 20.5. The van der Waals surface area contributed by atoms with Crippen molar-refractivity contribution in [3.05, 3.63) is 91.5 Å². The molecule has 10 nitrogen and oxygen atoms in total. The third-order valence-corrected chi connectivity index (χ3v) is 6.11. The number of hydrogen-bond donors (Lipinski definition) is 1. The molecule has 0 spiro atoms. The summed E-state index contributed by atoms with van der Waals surface area (Å²) < 4.78 is 48.4. The van der Waals surface area contributed by atoms with E-state index in [9.17, 15) is 32.3 Å². The van der Waals surface area contributed by atoms with E-state index in [2.05, 4.69) is 4.98 Å². The molecule has 1 amide bonds. The van der Waals surface area contributed by atoms with Gasteiger partial charge in [-0.15, -0.1) is 0 Å². The molecule has 2 aromatic heterocycles. The SMILES string of the molecule is CCOC(=O)c1cn(-c2ccc3c(c2)nc(C(N)=O)n3C)c(=O)n(Cc2cccc(C(F)(F)F)c2C)c1=O. The molecular weight excluding hydrogens is 507 g/mol. The maximum Gasteiger partial charge on any atom is 0.416 e. The number of aromatic nitrogens is 4. The van der Waals surface area contributed by atoms with Gasteiger partial charge in [-0.25, -0.2) is 14.6 Å². The fourth-order valence-corrected chi connectivity index (χ4v) is 4.17. The van der Waals surface area contributed by atoms with E-state index in [1.54, 1.807) is 13.1 Å². The first-order chi connectivity index (χ1) is 17.8. The van der Waals surface area contributed by atoms with E-state index in [-0.39, 0.29) is 29.2 Å². The Bertz CT molecular complexity index is 1720. The summed E-state index contributed by atoms with van der Waals surface area (Å²) in [5, 5.41) is 0. The van der Waals surface area contributed by atoms with Crippen LogP contribution in [0.3, 0.4) is 0 Å². The van der Waals surface area contributed by atoms with Gasteiger partial charge in [0.25, 0.3) is 11.5 Å². The second kappa shape index (κ2) is 9.65. The molecule has 0 fully saturated rings. The minimum absolute atomic E-state index is 0.0262. The highest BCUT2D eigenvalue weighted by molar-refractivity contribution is 5.94. The highest BCUT2D eigenvalue weighted by Gasteiger charge is 2.33. The number of amides is 1. The number of alkyl halides is 3. The van der Waals surface area contributed by atoms with Crippen molar-refractivity contribution in [3.8, 4) is 5.69 Å². The van der Waals surface area contributed by atoms with Gasteiger partial charge in [0.2, 0.25) is 0 Å². The second-order valence-electron chi connectivity index (χ2n) is 8.43. The van der Waals surface area contributed by atoms with Crippen molar-refractivity contribution in [2.75, 3.05) is 6.61 Å². The lowest BCUT2D eigenvalue weighted by molar-refractivity contribution is -0.138. The Morgan fingerprint density at radius 1 is 1.13 bits per heavy atom. The van der Waals surface area contributed by atoms with E-state index in [1.807, 2.05) is 0 Å². The van der Waals surface area contributed by atoms with Gasteiger partial charge >= 0.3 is 17.8 Å². The highest BCUT2D eigenvalue weighted by Crippen LogP contribution is 2.33. The lowest BCUT2D eigenvalue weighted by Gasteiger charge is -2.16. The molecule has 2 N–H and O–H groups in total. The number of benzene rings is 2. The number of fused-ring (bicyclic) bond motifs is 1. The lowest BCUT2D eigenvalue weighted by Crippen LogP contribution is -2.42. The van der Waals surface area contributed by atoms with E-state index in [4.69, 9.17) is 10.5 Å². The van der Waals surface area contributed by atoms with Gasteiger partial charge in [-0.2, -0.15) is 13.2 Å². The Morgan fingerprint density at radius 3 is 2.47 bits per heavy atom. The number of imidazole rings is 1. The Morgan fingerprint density at radius 2 is 1.84 bits per heavy atom. The first kappa shape index (κ1) is 26.4. The quantitative estimate of drug-likeness (QED) is 0.382. The standard InChI is InChI=1S/C25H22F3N5O5/c1-4-38-23(36)16-12-32(15-8-9-19-18(10-15)30-21(20(29)34)31(19)3)24(37)33(22(16)35)11-14-6-5-7-17(13(14)2)25(26,27)28/h5-10,12H,4,11H2,1-3H3,(H2,29,34). The Kier molecular flexibility index (Phi) is 6.70. The van der Waals surface area contributed by atoms with Crippen molar-refractivity contribution in [2.24, 2.45) is 12.8 Å². The molecule has 0 radical (unpaired) electrons. The van der Waals surface area contributed by atoms with Crippen molar-refractivity contribution >= 4 is 22.9 Å². The number of carbonyl (C=O) groups excluding carboxylic acids is 2. The maximum absolute atomic E-state index is 13.5. The summed E-state index contributed by atoms with van der Waals surface area (Å²) >= 11 is 0. The average molecular weight is 529 g/mol. The molecule has 2 aromatic carbocycles. The number of primary amides is 1. The number of nitrogens with zero attached hydrogens (tertiary/aromatic N) is 4. The molecule has 38 heavy (non-hydrogen) atoms. The molecule has 198 valence electrons. The first-order valence-electron chi connectivity index (χ1n) is 11.3. The van der Waals surface area contributed by atoms with Crippen LogP contribution in [0, 0.1) is 6.92 Å². The Hall–Kier alpha value is -4.68. The summed E-state index contributed by atoms with van der Waals surface area (Å²) in [5.74, 6) is -1.80. The van der Waals surface area contributed by atoms with Crippen LogP contribution in [0.15, 0.2) is 52.2 Å². The third-order valence-electron chi connectivity index (χ3n) is 6.11. The zero-order valence-corrected chi connectivity index (χ0v) is 20.5. The smallest absolute Gasteiger partial charge is 0.416 e. The molecule has 0 aliphatic carbocycles. The fourth-order valence-electron chi connectivity index (χ4n) is 4.17. The van der Waals surface area contributed by atoms with E-state index in [0.717, 1.165) is 16.8 Å². The van der Waals surface area contributed by atoms with Crippen LogP contribution < -0.4 is 17.0 Å². The molecule has 0 saturated carbocycles. The molecular formula is C25H22F3N5O5. The molecule has 0 bridgehead atoms. The second-order valence-corrected chi connectivity index (χ2v) is 8.43. The number of nitrogens with two attached hydrogens (primary N) is 1. The van der Waals surface area contributed by atoms with Gasteiger partial charge in [0.1, 0.15) is 5.56 Å². The minimum atomic E-state index is -4.64. The van der Waals surface area contributed by atoms with Crippen LogP contribution in [0.1, 0.15) is 44.6 Å². The summed E-state index contributed by atoms with van der Waals surface area (Å²) in [6, 6.07) is 7.95. The largest absolute Gasteiger partial charge is 0.462 e. The van der Waals surface area contributed by atoms with Gasteiger partial charge in [-0.1, -0.05) is 12.1 Å². The molecule has 0 saturated heterocycles. The molecule has 2 heterocycles. The molecule has 0 atom stereocenters. The van der Waals surface area contributed by atoms with Crippen LogP contribution in [-0.4, -0.2) is 37.2 Å². The number of aryl methyl sites for hydroxylation is 1. The van der Waals surface area contributed by atoms with E-state index < -0.39 is 47.0 Å². The van der Waals surface area contributed by atoms with Crippen LogP contribution in [-0.2, 0) is 24.5 Å². The summed E-state index contributed by atoms with van der Waals surface area (Å²) in [6.45, 7) is 2.18. The molecule has 4 rings (SSSR count). The van der Waals surface area contributed by atoms with Crippen LogP contribution in [0.25, 0.3) is 16.7 Å². The number of rotatable bonds is 6. The van der Waals surface area contributed by atoms with Crippen LogP contribution in [0.5, 0.6) is 0 Å². The monoisotopic (exact) mass is 529 g/mol. The topological polar surface area (TPSA) is 131 Å². The fraction of sp³-hybridized carbons (Fsp3) is 0.240. The summed E-state index contributed by atoms with van der Waals surface area (Å²) in [5.41, 5.74) is 2.94. The third kappa shape index (κ3) is 4.58. The summed E-state index contributed by atoms with van der Waals surface area (Å²) in [7, 11) is 1.58. The molecule has 0 unspecified atom stereocenters. The maximum atomic E-state index is 13.5. The average Bonchev–Trinajstić information content (AvgIpc) is 3.18. The predicted molar refractivity (Wildman–Crippen MR) is 130 cm³/mol. The van der Waals surface area contributed by atoms with Crippen molar-refractivity contribution in [3.63, 3.8) is 0 Å². The van der Waals surface area contributed by atoms with Crippen molar-refractivity contribution < 1.29 is 27.5 Å². The van der Waals surface area contributed by atoms with Gasteiger partial charge in [0.05, 0.1) is 35.4 Å².